The van der Waals surface area contributed by atoms with Crippen molar-refractivity contribution in [1.82, 2.24) is 20.5 Å². The van der Waals surface area contributed by atoms with Crippen molar-refractivity contribution in [1.29, 1.82) is 0 Å². The topological polar surface area (TPSA) is 70.7 Å². The van der Waals surface area contributed by atoms with E-state index in [1.165, 1.54) is 0 Å². The number of rotatable bonds is 5. The van der Waals surface area contributed by atoms with Crippen LogP contribution in [-0.2, 0) is 0 Å². The van der Waals surface area contributed by atoms with Crippen LogP contribution in [-0.4, -0.2) is 27.6 Å². The fourth-order valence-corrected chi connectivity index (χ4v) is 1.44. The highest BCUT2D eigenvalue weighted by atomic mass is 16.2. The molecule has 1 aliphatic rings. The van der Waals surface area contributed by atoms with Crippen LogP contribution >= 0.6 is 0 Å². The minimum absolute atomic E-state index is 0.116. The Bertz CT molecular complexity index is 406. The summed E-state index contributed by atoms with van der Waals surface area (Å²) in [5, 5.41) is 9.67. The van der Waals surface area contributed by atoms with Gasteiger partial charge in [-0.3, -0.25) is 9.89 Å². The molecule has 2 rings (SSSR count). The molecule has 1 fully saturated rings. The van der Waals surface area contributed by atoms with Gasteiger partial charge in [-0.2, -0.15) is 0 Å². The van der Waals surface area contributed by atoms with Gasteiger partial charge in [0.15, 0.2) is 0 Å². The monoisotopic (exact) mass is 236 g/mol. The van der Waals surface area contributed by atoms with Gasteiger partial charge in [0, 0.05) is 12.5 Å². The average molecular weight is 236 g/mol. The van der Waals surface area contributed by atoms with Crippen LogP contribution in [0.5, 0.6) is 0 Å². The number of carbonyl (C=O) groups excluding carboxylic acids is 1. The molecule has 0 aromatic carbocycles. The van der Waals surface area contributed by atoms with Crippen LogP contribution in [0.1, 0.15) is 62.4 Å². The summed E-state index contributed by atoms with van der Waals surface area (Å²) in [6, 6.07) is 0. The summed E-state index contributed by atoms with van der Waals surface area (Å²) < 4.78 is 0. The molecule has 0 saturated heterocycles. The Labute approximate surface area is 101 Å². The summed E-state index contributed by atoms with van der Waals surface area (Å²) in [4.78, 5) is 16.0. The first kappa shape index (κ1) is 12.1. The molecule has 0 atom stereocenters. The fraction of sp³-hybridized carbons (Fsp3) is 0.750. The van der Waals surface area contributed by atoms with E-state index in [2.05, 4.69) is 41.3 Å². The van der Waals surface area contributed by atoms with Crippen LogP contribution in [0.3, 0.4) is 0 Å². The lowest BCUT2D eigenvalue weighted by atomic mass is 9.90. The number of hydrogen-bond acceptors (Lipinski definition) is 3. The number of carbonyl (C=O) groups is 1. The molecule has 0 aliphatic heterocycles. The van der Waals surface area contributed by atoms with E-state index in [4.69, 9.17) is 0 Å². The van der Waals surface area contributed by atoms with Crippen LogP contribution in [0, 0.1) is 5.41 Å². The number of aromatic nitrogens is 3. The first-order valence-electron chi connectivity index (χ1n) is 6.22. The van der Waals surface area contributed by atoms with Gasteiger partial charge >= 0.3 is 0 Å². The van der Waals surface area contributed by atoms with Crippen LogP contribution in [0.25, 0.3) is 0 Å². The van der Waals surface area contributed by atoms with Gasteiger partial charge in [-0.1, -0.05) is 20.8 Å². The van der Waals surface area contributed by atoms with E-state index in [1.54, 1.807) is 0 Å². The Morgan fingerprint density at radius 3 is 2.82 bits per heavy atom. The predicted molar refractivity (Wildman–Crippen MR) is 64.8 cm³/mol. The Morgan fingerprint density at radius 1 is 1.53 bits per heavy atom. The highest BCUT2D eigenvalue weighted by Gasteiger charge is 2.28. The Hall–Kier alpha value is -1.39. The molecular formula is C12H20N4O. The van der Waals surface area contributed by atoms with E-state index in [9.17, 15) is 4.79 Å². The zero-order valence-electron chi connectivity index (χ0n) is 10.7. The maximum absolute atomic E-state index is 11.8. The maximum Gasteiger partial charge on any atom is 0.290 e. The van der Waals surface area contributed by atoms with Crippen molar-refractivity contribution in [2.24, 2.45) is 5.41 Å². The van der Waals surface area contributed by atoms with Gasteiger partial charge in [-0.25, -0.2) is 4.98 Å². The molecule has 2 N–H and O–H groups in total. The van der Waals surface area contributed by atoms with Crippen molar-refractivity contribution in [3.63, 3.8) is 0 Å². The largest absolute Gasteiger partial charge is 0.349 e. The van der Waals surface area contributed by atoms with Crippen molar-refractivity contribution in [2.75, 3.05) is 6.54 Å². The normalized spacial score (nSPS) is 15.9. The van der Waals surface area contributed by atoms with Gasteiger partial charge in [-0.15, -0.1) is 5.10 Å². The van der Waals surface area contributed by atoms with E-state index < -0.39 is 0 Å². The van der Waals surface area contributed by atoms with E-state index in [1.807, 2.05) is 0 Å². The first-order valence-corrected chi connectivity index (χ1v) is 6.22. The molecule has 1 amide bonds. The van der Waals surface area contributed by atoms with Crippen molar-refractivity contribution < 1.29 is 4.79 Å². The Morgan fingerprint density at radius 2 is 2.24 bits per heavy atom. The van der Waals surface area contributed by atoms with E-state index in [0.717, 1.165) is 25.1 Å². The van der Waals surface area contributed by atoms with Crippen LogP contribution < -0.4 is 5.32 Å². The number of nitrogens with one attached hydrogen (secondary N) is 2. The SMILES string of the molecule is CCC(C)(C)CNC(=O)c1n[nH]c(C2CC2)n1. The third-order valence-corrected chi connectivity index (χ3v) is 3.35. The summed E-state index contributed by atoms with van der Waals surface area (Å²) in [6.07, 6.45) is 3.33. The lowest BCUT2D eigenvalue weighted by molar-refractivity contribution is 0.0925. The highest BCUT2D eigenvalue weighted by Crippen LogP contribution is 2.37. The molecule has 5 nitrogen and oxygen atoms in total. The van der Waals surface area contributed by atoms with Crippen molar-refractivity contribution in [3.8, 4) is 0 Å². The van der Waals surface area contributed by atoms with Gasteiger partial charge in [0.2, 0.25) is 5.82 Å². The quantitative estimate of drug-likeness (QED) is 0.819. The number of H-pyrrole nitrogens is 1. The zero-order valence-corrected chi connectivity index (χ0v) is 10.7. The zero-order chi connectivity index (χ0) is 12.5. The van der Waals surface area contributed by atoms with Crippen LogP contribution in [0.2, 0.25) is 0 Å². The van der Waals surface area contributed by atoms with Gasteiger partial charge in [0.25, 0.3) is 5.91 Å². The standard InChI is InChI=1S/C12H20N4O/c1-4-12(2,3)7-13-11(17)10-14-9(15-16-10)8-5-6-8/h8H,4-7H2,1-3H3,(H,13,17)(H,14,15,16). The van der Waals surface area contributed by atoms with E-state index >= 15 is 0 Å². The molecule has 17 heavy (non-hydrogen) atoms. The molecule has 94 valence electrons. The lowest BCUT2D eigenvalue weighted by Crippen LogP contribution is -2.34. The van der Waals surface area contributed by atoms with Crippen LogP contribution in [0.15, 0.2) is 0 Å². The van der Waals surface area contributed by atoms with Crippen molar-refractivity contribution >= 4 is 5.91 Å². The third kappa shape index (κ3) is 3.05. The van der Waals surface area contributed by atoms with Gasteiger partial charge in [0.1, 0.15) is 5.82 Å². The molecule has 0 bridgehead atoms. The predicted octanol–water partition coefficient (Wildman–Crippen LogP) is 1.85. The summed E-state index contributed by atoms with van der Waals surface area (Å²) in [5.41, 5.74) is 0.116. The first-order chi connectivity index (χ1) is 8.02. The molecule has 1 aromatic rings. The summed E-state index contributed by atoms with van der Waals surface area (Å²) >= 11 is 0. The molecule has 1 heterocycles. The second-order valence-electron chi connectivity index (χ2n) is 5.52. The fourth-order valence-electron chi connectivity index (χ4n) is 1.44. The summed E-state index contributed by atoms with van der Waals surface area (Å²) in [7, 11) is 0. The smallest absolute Gasteiger partial charge is 0.290 e. The molecule has 1 saturated carbocycles. The molecule has 0 spiro atoms. The molecule has 0 radical (unpaired) electrons. The van der Waals surface area contributed by atoms with Crippen molar-refractivity contribution in [3.05, 3.63) is 11.6 Å². The van der Waals surface area contributed by atoms with Crippen molar-refractivity contribution in [2.45, 2.75) is 46.0 Å². The number of hydrogen-bond donors (Lipinski definition) is 2. The maximum atomic E-state index is 11.8. The number of nitrogens with zero attached hydrogens (tertiary/aromatic N) is 2. The molecule has 0 unspecified atom stereocenters. The molecule has 1 aromatic heterocycles. The minimum atomic E-state index is -0.185. The van der Waals surface area contributed by atoms with E-state index in [0.29, 0.717) is 12.5 Å². The second kappa shape index (κ2) is 4.47. The Kier molecular flexibility index (Phi) is 3.17. The van der Waals surface area contributed by atoms with E-state index in [-0.39, 0.29) is 17.1 Å². The highest BCUT2D eigenvalue weighted by molar-refractivity contribution is 5.90. The van der Waals surface area contributed by atoms with Gasteiger partial charge in [-0.05, 0) is 24.7 Å². The third-order valence-electron chi connectivity index (χ3n) is 3.35. The Balaban J connectivity index is 1.90. The average Bonchev–Trinajstić information content (AvgIpc) is 3.04. The van der Waals surface area contributed by atoms with Gasteiger partial charge < -0.3 is 5.32 Å². The number of aromatic amines is 1. The minimum Gasteiger partial charge on any atom is -0.349 e. The second-order valence-corrected chi connectivity index (χ2v) is 5.52. The molecule has 5 heteroatoms. The lowest BCUT2D eigenvalue weighted by Gasteiger charge is -2.22. The summed E-state index contributed by atoms with van der Waals surface area (Å²) in [6.45, 7) is 7.02. The van der Waals surface area contributed by atoms with Crippen LogP contribution in [0.4, 0.5) is 0 Å². The van der Waals surface area contributed by atoms with Gasteiger partial charge in [0.05, 0.1) is 0 Å². The summed E-state index contributed by atoms with van der Waals surface area (Å²) in [5.74, 6) is 1.43. The number of amides is 1. The molecule has 1 aliphatic carbocycles. The molecular weight excluding hydrogens is 216 g/mol.